The summed E-state index contributed by atoms with van der Waals surface area (Å²) in [4.78, 5) is 13.6. The van der Waals surface area contributed by atoms with Gasteiger partial charge in [0.2, 0.25) is 5.91 Å². The number of hydrogen-bond acceptors (Lipinski definition) is 4. The molecule has 0 spiro atoms. The van der Waals surface area contributed by atoms with Crippen molar-refractivity contribution in [2.45, 2.75) is 18.9 Å². The number of amides is 1. The van der Waals surface area contributed by atoms with Gasteiger partial charge in [-0.25, -0.2) is 8.42 Å². The van der Waals surface area contributed by atoms with Crippen molar-refractivity contribution >= 4 is 15.7 Å². The lowest BCUT2D eigenvalue weighted by molar-refractivity contribution is -0.131. The van der Waals surface area contributed by atoms with Gasteiger partial charge in [0, 0.05) is 25.4 Å². The summed E-state index contributed by atoms with van der Waals surface area (Å²) < 4.78 is 22.1. The van der Waals surface area contributed by atoms with Crippen molar-refractivity contribution in [2.75, 3.05) is 31.6 Å². The van der Waals surface area contributed by atoms with Crippen molar-refractivity contribution in [3.63, 3.8) is 0 Å². The van der Waals surface area contributed by atoms with E-state index in [0.29, 0.717) is 13.1 Å². The molecule has 1 amide bonds. The number of carbonyl (C=O) groups is 1. The fourth-order valence-corrected chi connectivity index (χ4v) is 3.03. The standard InChI is InChI=1S/C10H18N2O3S/c1-16(14,15)6-5-12-7-9-8(10(12)13)3-2-4-11-9/h8-9,11H,2-7H2,1H3. The Morgan fingerprint density at radius 3 is 2.88 bits per heavy atom. The van der Waals surface area contributed by atoms with Crippen LogP contribution in [0.5, 0.6) is 0 Å². The van der Waals surface area contributed by atoms with Gasteiger partial charge in [0.05, 0.1) is 11.7 Å². The van der Waals surface area contributed by atoms with Crippen LogP contribution in [0, 0.1) is 5.92 Å². The second kappa shape index (κ2) is 4.33. The summed E-state index contributed by atoms with van der Waals surface area (Å²) in [6.07, 6.45) is 3.18. The normalized spacial score (nSPS) is 30.6. The molecule has 6 heteroatoms. The first-order valence-corrected chi connectivity index (χ1v) is 7.73. The van der Waals surface area contributed by atoms with Crippen molar-refractivity contribution in [1.29, 1.82) is 0 Å². The van der Waals surface area contributed by atoms with Crippen molar-refractivity contribution < 1.29 is 13.2 Å². The molecule has 2 unspecified atom stereocenters. The molecule has 0 aliphatic carbocycles. The molecule has 2 heterocycles. The van der Waals surface area contributed by atoms with Gasteiger partial charge < -0.3 is 10.2 Å². The summed E-state index contributed by atoms with van der Waals surface area (Å²) in [5, 5.41) is 3.33. The predicted octanol–water partition coefficient (Wildman–Crippen LogP) is -0.759. The molecule has 2 saturated heterocycles. The molecule has 0 radical (unpaired) electrons. The van der Waals surface area contributed by atoms with E-state index in [1.165, 1.54) is 6.26 Å². The summed E-state index contributed by atoms with van der Waals surface area (Å²) in [6, 6.07) is 0.237. The molecule has 0 aromatic carbocycles. The maximum Gasteiger partial charge on any atom is 0.227 e. The van der Waals surface area contributed by atoms with Crippen LogP contribution in [0.2, 0.25) is 0 Å². The molecule has 2 atom stereocenters. The number of carbonyl (C=O) groups excluding carboxylic acids is 1. The van der Waals surface area contributed by atoms with Crippen LogP contribution < -0.4 is 5.32 Å². The minimum atomic E-state index is -2.98. The van der Waals surface area contributed by atoms with Crippen LogP contribution in [0.1, 0.15) is 12.8 Å². The van der Waals surface area contributed by atoms with Gasteiger partial charge in [-0.05, 0) is 19.4 Å². The molecule has 1 N–H and O–H groups in total. The van der Waals surface area contributed by atoms with Gasteiger partial charge in [0.15, 0.2) is 0 Å². The van der Waals surface area contributed by atoms with Crippen LogP contribution in [0.4, 0.5) is 0 Å². The van der Waals surface area contributed by atoms with Crippen molar-refractivity contribution in [1.82, 2.24) is 10.2 Å². The SMILES string of the molecule is CS(=O)(=O)CCN1CC2NCCCC2C1=O. The number of fused-ring (bicyclic) bond motifs is 1. The minimum Gasteiger partial charge on any atom is -0.340 e. The summed E-state index contributed by atoms with van der Waals surface area (Å²) >= 11 is 0. The van der Waals surface area contributed by atoms with Crippen molar-refractivity contribution in [2.24, 2.45) is 5.92 Å². The fourth-order valence-electron chi connectivity index (χ4n) is 2.48. The number of hydrogen-bond donors (Lipinski definition) is 1. The highest BCUT2D eigenvalue weighted by molar-refractivity contribution is 7.90. The minimum absolute atomic E-state index is 0.0676. The van der Waals surface area contributed by atoms with Gasteiger partial charge in [0.1, 0.15) is 9.84 Å². The lowest BCUT2D eigenvalue weighted by atomic mass is 9.94. The number of rotatable bonds is 3. The molecule has 2 fully saturated rings. The monoisotopic (exact) mass is 246 g/mol. The quantitative estimate of drug-likeness (QED) is 0.711. The van der Waals surface area contributed by atoms with Crippen molar-refractivity contribution in [3.8, 4) is 0 Å². The molecule has 5 nitrogen and oxygen atoms in total. The maximum absolute atomic E-state index is 11.9. The summed E-state index contributed by atoms with van der Waals surface area (Å²) in [5.74, 6) is 0.271. The third-order valence-corrected chi connectivity index (χ3v) is 4.29. The molecule has 2 aliphatic rings. The molecular weight excluding hydrogens is 228 g/mol. The predicted molar refractivity (Wildman–Crippen MR) is 60.8 cm³/mol. The second-order valence-electron chi connectivity index (χ2n) is 4.72. The van der Waals surface area contributed by atoms with E-state index in [1.54, 1.807) is 4.90 Å². The van der Waals surface area contributed by atoms with Crippen molar-refractivity contribution in [3.05, 3.63) is 0 Å². The third kappa shape index (κ3) is 2.55. The molecule has 16 heavy (non-hydrogen) atoms. The zero-order chi connectivity index (χ0) is 11.8. The van der Waals surface area contributed by atoms with Crippen LogP contribution in [-0.4, -0.2) is 56.9 Å². The van der Waals surface area contributed by atoms with Crippen LogP contribution in [0.15, 0.2) is 0 Å². The molecule has 2 aliphatic heterocycles. The fraction of sp³-hybridized carbons (Fsp3) is 0.900. The Morgan fingerprint density at radius 1 is 1.50 bits per heavy atom. The smallest absolute Gasteiger partial charge is 0.227 e. The second-order valence-corrected chi connectivity index (χ2v) is 6.98. The van der Waals surface area contributed by atoms with Crippen LogP contribution in [0.3, 0.4) is 0 Å². The van der Waals surface area contributed by atoms with E-state index in [4.69, 9.17) is 0 Å². The van der Waals surface area contributed by atoms with Crippen LogP contribution in [-0.2, 0) is 14.6 Å². The summed E-state index contributed by atoms with van der Waals surface area (Å²) in [7, 11) is -2.98. The highest BCUT2D eigenvalue weighted by Gasteiger charge is 2.41. The highest BCUT2D eigenvalue weighted by Crippen LogP contribution is 2.25. The number of nitrogens with zero attached hydrogens (tertiary/aromatic N) is 1. The maximum atomic E-state index is 11.9. The largest absolute Gasteiger partial charge is 0.340 e. The number of likely N-dealkylation sites (tertiary alicyclic amines) is 1. The van der Waals surface area contributed by atoms with E-state index in [0.717, 1.165) is 19.4 Å². The zero-order valence-corrected chi connectivity index (χ0v) is 10.3. The van der Waals surface area contributed by atoms with E-state index in [2.05, 4.69) is 5.32 Å². The van der Waals surface area contributed by atoms with Gasteiger partial charge in [-0.2, -0.15) is 0 Å². The number of nitrogens with one attached hydrogen (secondary N) is 1. The van der Waals surface area contributed by atoms with E-state index in [1.807, 2.05) is 0 Å². The molecule has 2 rings (SSSR count). The van der Waals surface area contributed by atoms with E-state index in [-0.39, 0.29) is 23.6 Å². The molecule has 0 saturated carbocycles. The van der Waals surface area contributed by atoms with E-state index in [9.17, 15) is 13.2 Å². The zero-order valence-electron chi connectivity index (χ0n) is 9.48. The van der Waals surface area contributed by atoms with Gasteiger partial charge >= 0.3 is 0 Å². The Labute approximate surface area is 96.1 Å². The first kappa shape index (κ1) is 11.9. The van der Waals surface area contributed by atoms with E-state index >= 15 is 0 Å². The average Bonchev–Trinajstić information content (AvgIpc) is 2.53. The molecule has 0 bridgehead atoms. The van der Waals surface area contributed by atoms with Gasteiger partial charge in [-0.3, -0.25) is 4.79 Å². The lowest BCUT2D eigenvalue weighted by Gasteiger charge is -2.23. The Bertz CT molecular complexity index is 380. The Morgan fingerprint density at radius 2 is 2.25 bits per heavy atom. The molecule has 0 aromatic rings. The lowest BCUT2D eigenvalue weighted by Crippen LogP contribution is -2.41. The van der Waals surface area contributed by atoms with Crippen LogP contribution in [0.25, 0.3) is 0 Å². The Balaban J connectivity index is 1.95. The number of sulfone groups is 1. The van der Waals surface area contributed by atoms with E-state index < -0.39 is 9.84 Å². The number of piperidine rings is 1. The van der Waals surface area contributed by atoms with Gasteiger partial charge in [-0.15, -0.1) is 0 Å². The highest BCUT2D eigenvalue weighted by atomic mass is 32.2. The Hall–Kier alpha value is -0.620. The van der Waals surface area contributed by atoms with Crippen LogP contribution >= 0.6 is 0 Å². The molecular formula is C10H18N2O3S. The third-order valence-electron chi connectivity index (χ3n) is 3.36. The first-order chi connectivity index (χ1) is 7.47. The Kier molecular flexibility index (Phi) is 3.21. The summed E-state index contributed by atoms with van der Waals surface area (Å²) in [6.45, 7) is 1.97. The van der Waals surface area contributed by atoms with Gasteiger partial charge in [-0.1, -0.05) is 0 Å². The molecule has 0 aromatic heterocycles. The average molecular weight is 246 g/mol. The summed E-state index contributed by atoms with van der Waals surface area (Å²) in [5.41, 5.74) is 0. The topological polar surface area (TPSA) is 66.5 Å². The molecule has 92 valence electrons. The first-order valence-electron chi connectivity index (χ1n) is 5.67. The van der Waals surface area contributed by atoms with Gasteiger partial charge in [0.25, 0.3) is 0 Å².